The van der Waals surface area contributed by atoms with Gasteiger partial charge in [-0.15, -0.1) is 0 Å². The molecule has 0 radical (unpaired) electrons. The minimum absolute atomic E-state index is 0.325. The average molecular weight is 319 g/mol. The summed E-state index contributed by atoms with van der Waals surface area (Å²) in [4.78, 5) is 0. The summed E-state index contributed by atoms with van der Waals surface area (Å²) in [5.41, 5.74) is 1.90. The van der Waals surface area contributed by atoms with Gasteiger partial charge in [-0.25, -0.2) is 0 Å². The van der Waals surface area contributed by atoms with Crippen LogP contribution in [-0.2, 0) is 0 Å². The summed E-state index contributed by atoms with van der Waals surface area (Å²) in [5, 5.41) is 2.40. The van der Waals surface area contributed by atoms with Gasteiger partial charge in [-0.3, -0.25) is 0 Å². The van der Waals surface area contributed by atoms with Crippen molar-refractivity contribution in [2.24, 2.45) is 0 Å². The lowest BCUT2D eigenvalue weighted by Crippen LogP contribution is -2.34. The lowest BCUT2D eigenvalue weighted by atomic mass is 10.1. The first kappa shape index (κ1) is 16.8. The molecule has 23 heavy (non-hydrogen) atoms. The smallest absolute Gasteiger partial charge is 0.420 e. The third kappa shape index (κ3) is 4.96. The number of benzene rings is 2. The normalized spacial score (nSPS) is 12.0. The second kappa shape index (κ2) is 7.10. The molecule has 0 amide bonds. The highest BCUT2D eigenvalue weighted by atomic mass is 19.4. The first-order valence-corrected chi connectivity index (χ1v) is 6.94. The quantitative estimate of drug-likeness (QED) is 0.847. The van der Waals surface area contributed by atoms with Gasteiger partial charge in [0.05, 0.1) is 7.11 Å². The molecule has 0 bridgehead atoms. The van der Waals surface area contributed by atoms with Gasteiger partial charge < -0.3 is 10.1 Å². The van der Waals surface area contributed by atoms with E-state index in [9.17, 15) is 13.2 Å². The Morgan fingerprint density at radius 1 is 1.00 bits per heavy atom. The van der Waals surface area contributed by atoms with Crippen molar-refractivity contribution in [3.05, 3.63) is 59.7 Å². The van der Waals surface area contributed by atoms with Crippen molar-refractivity contribution in [2.75, 3.05) is 12.4 Å². The summed E-state index contributed by atoms with van der Waals surface area (Å²) >= 11 is 0. The standard InChI is InChI=1S/C18H16F3NO/c1-13-3-5-14(6-4-13)7-12-17(18(19,20)21)22-15-8-10-16(23-2)11-9-15/h3-6,8-11,17,22H,1-2H3/t17-/m1/s1. The van der Waals surface area contributed by atoms with Gasteiger partial charge in [0.1, 0.15) is 5.75 Å². The Labute approximate surface area is 133 Å². The van der Waals surface area contributed by atoms with E-state index in [1.54, 1.807) is 24.3 Å². The lowest BCUT2D eigenvalue weighted by Gasteiger charge is -2.17. The van der Waals surface area contributed by atoms with Crippen LogP contribution < -0.4 is 10.1 Å². The first-order valence-electron chi connectivity index (χ1n) is 6.94. The first-order chi connectivity index (χ1) is 10.9. The van der Waals surface area contributed by atoms with Crippen LogP contribution in [0.15, 0.2) is 48.5 Å². The number of hydrogen-bond acceptors (Lipinski definition) is 2. The number of hydrogen-bond donors (Lipinski definition) is 1. The van der Waals surface area contributed by atoms with Crippen molar-refractivity contribution in [1.29, 1.82) is 0 Å². The average Bonchev–Trinajstić information content (AvgIpc) is 2.52. The minimum Gasteiger partial charge on any atom is -0.497 e. The zero-order chi connectivity index (χ0) is 16.9. The number of nitrogens with one attached hydrogen (secondary N) is 1. The molecule has 1 atom stereocenters. The molecule has 0 unspecified atom stereocenters. The topological polar surface area (TPSA) is 21.3 Å². The molecule has 0 saturated carbocycles. The number of methoxy groups -OCH3 is 1. The molecule has 2 rings (SSSR count). The van der Waals surface area contributed by atoms with E-state index in [1.807, 2.05) is 19.1 Å². The Kier molecular flexibility index (Phi) is 5.17. The maximum atomic E-state index is 13.1. The number of ether oxygens (including phenoxy) is 1. The Bertz CT molecular complexity index is 694. The van der Waals surface area contributed by atoms with Crippen LogP contribution in [0.1, 0.15) is 11.1 Å². The molecule has 2 nitrogen and oxygen atoms in total. The number of halogens is 3. The summed E-state index contributed by atoms with van der Waals surface area (Å²) in [6.45, 7) is 1.90. The molecule has 0 aliphatic carbocycles. The summed E-state index contributed by atoms with van der Waals surface area (Å²) in [6.07, 6.45) is -4.47. The SMILES string of the molecule is COc1ccc(N[C@H](C#Cc2ccc(C)cc2)C(F)(F)F)cc1. The zero-order valence-corrected chi connectivity index (χ0v) is 12.7. The molecule has 2 aromatic rings. The lowest BCUT2D eigenvalue weighted by molar-refractivity contribution is -0.130. The number of rotatable bonds is 3. The van der Waals surface area contributed by atoms with E-state index in [0.717, 1.165) is 5.56 Å². The molecule has 5 heteroatoms. The van der Waals surface area contributed by atoms with Crippen molar-refractivity contribution < 1.29 is 17.9 Å². The van der Waals surface area contributed by atoms with Gasteiger partial charge in [0.2, 0.25) is 0 Å². The molecule has 0 aliphatic heterocycles. The van der Waals surface area contributed by atoms with Crippen LogP contribution in [0.25, 0.3) is 0 Å². The summed E-state index contributed by atoms with van der Waals surface area (Å²) in [6, 6.07) is 11.3. The largest absolute Gasteiger partial charge is 0.497 e. The van der Waals surface area contributed by atoms with Gasteiger partial charge in [-0.2, -0.15) is 13.2 Å². The second-order valence-corrected chi connectivity index (χ2v) is 4.98. The van der Waals surface area contributed by atoms with Gasteiger partial charge >= 0.3 is 6.18 Å². The van der Waals surface area contributed by atoms with Gasteiger partial charge in [0.25, 0.3) is 0 Å². The Morgan fingerprint density at radius 2 is 1.61 bits per heavy atom. The Hall–Kier alpha value is -2.61. The van der Waals surface area contributed by atoms with Gasteiger partial charge in [0, 0.05) is 11.3 Å². The van der Waals surface area contributed by atoms with E-state index in [2.05, 4.69) is 17.2 Å². The van der Waals surface area contributed by atoms with Crippen LogP contribution in [0.2, 0.25) is 0 Å². The van der Waals surface area contributed by atoms with Gasteiger partial charge in [0.15, 0.2) is 6.04 Å². The van der Waals surface area contributed by atoms with Crippen LogP contribution in [0, 0.1) is 18.8 Å². The third-order valence-corrected chi connectivity index (χ3v) is 3.14. The van der Waals surface area contributed by atoms with Crippen LogP contribution in [0.4, 0.5) is 18.9 Å². The number of aryl methyl sites for hydroxylation is 1. The van der Waals surface area contributed by atoms with Crippen LogP contribution >= 0.6 is 0 Å². The molecule has 0 fully saturated rings. The van der Waals surface area contributed by atoms with Crippen LogP contribution in [0.3, 0.4) is 0 Å². The maximum absolute atomic E-state index is 13.1. The maximum Gasteiger partial charge on any atom is 0.420 e. The molecular weight excluding hydrogens is 303 g/mol. The highest BCUT2D eigenvalue weighted by molar-refractivity contribution is 5.49. The number of anilines is 1. The predicted molar refractivity (Wildman–Crippen MR) is 84.5 cm³/mol. The van der Waals surface area contributed by atoms with E-state index < -0.39 is 12.2 Å². The van der Waals surface area contributed by atoms with Crippen LogP contribution in [-0.4, -0.2) is 19.3 Å². The van der Waals surface area contributed by atoms with Crippen molar-refractivity contribution in [2.45, 2.75) is 19.1 Å². The van der Waals surface area contributed by atoms with Crippen molar-refractivity contribution >= 4 is 5.69 Å². The zero-order valence-electron chi connectivity index (χ0n) is 12.7. The minimum atomic E-state index is -4.47. The van der Waals surface area contributed by atoms with Crippen molar-refractivity contribution in [1.82, 2.24) is 0 Å². The van der Waals surface area contributed by atoms with E-state index in [0.29, 0.717) is 17.0 Å². The van der Waals surface area contributed by atoms with E-state index in [-0.39, 0.29) is 0 Å². The van der Waals surface area contributed by atoms with Crippen LogP contribution in [0.5, 0.6) is 5.75 Å². The summed E-state index contributed by atoms with van der Waals surface area (Å²) < 4.78 is 44.4. The monoisotopic (exact) mass is 319 g/mol. The molecular formula is C18H16F3NO. The molecule has 1 N–H and O–H groups in total. The Balaban J connectivity index is 2.19. The van der Waals surface area contributed by atoms with Crippen molar-refractivity contribution in [3.63, 3.8) is 0 Å². The molecule has 0 spiro atoms. The summed E-state index contributed by atoms with van der Waals surface area (Å²) in [7, 11) is 1.49. The van der Waals surface area contributed by atoms with E-state index in [1.165, 1.54) is 19.2 Å². The fourth-order valence-corrected chi connectivity index (χ4v) is 1.85. The molecule has 120 valence electrons. The molecule has 0 saturated heterocycles. The summed E-state index contributed by atoms with van der Waals surface area (Å²) in [5.74, 6) is 5.39. The molecule has 2 aromatic carbocycles. The highest BCUT2D eigenvalue weighted by Crippen LogP contribution is 2.24. The fourth-order valence-electron chi connectivity index (χ4n) is 1.85. The molecule has 0 heterocycles. The molecule has 0 aliphatic rings. The second-order valence-electron chi connectivity index (χ2n) is 4.98. The third-order valence-electron chi connectivity index (χ3n) is 3.14. The van der Waals surface area contributed by atoms with E-state index in [4.69, 9.17) is 4.74 Å². The van der Waals surface area contributed by atoms with Gasteiger partial charge in [-0.1, -0.05) is 29.5 Å². The molecule has 0 aromatic heterocycles. The highest BCUT2D eigenvalue weighted by Gasteiger charge is 2.38. The van der Waals surface area contributed by atoms with Gasteiger partial charge in [-0.05, 0) is 43.3 Å². The fraction of sp³-hybridized carbons (Fsp3) is 0.222. The predicted octanol–water partition coefficient (Wildman–Crippen LogP) is 4.40. The number of alkyl halides is 3. The van der Waals surface area contributed by atoms with E-state index >= 15 is 0 Å². The Morgan fingerprint density at radius 3 is 2.13 bits per heavy atom. The van der Waals surface area contributed by atoms with Crippen molar-refractivity contribution in [3.8, 4) is 17.6 Å².